The van der Waals surface area contributed by atoms with E-state index in [4.69, 9.17) is 43.0 Å². The molecule has 22 nitrogen and oxygen atoms in total. The van der Waals surface area contributed by atoms with E-state index in [-0.39, 0.29) is 55.2 Å². The van der Waals surface area contributed by atoms with Crippen molar-refractivity contribution in [1.82, 2.24) is 0 Å². The molecule has 398 valence electrons. The Morgan fingerprint density at radius 2 is 0.829 bits per heavy atom. The Hall–Kier alpha value is -3.79. The molecular weight excluding hydrogens is 929 g/mol. The van der Waals surface area contributed by atoms with Crippen LogP contribution in [-0.4, -0.2) is 203 Å². The first kappa shape index (κ1) is 60.5. The van der Waals surface area contributed by atoms with Crippen LogP contribution in [0.2, 0.25) is 0 Å². The third kappa shape index (κ3) is 15.9. The number of hydrogen-bond donors (Lipinski definition) is 11. The molecule has 3 heterocycles. The second-order valence-electron chi connectivity index (χ2n) is 18.3. The first-order valence-corrected chi connectivity index (χ1v) is 22.9. The first-order chi connectivity index (χ1) is 32.8. The molecule has 18 atom stereocenters. The third-order valence-corrected chi connectivity index (χ3v) is 12.7. The molecule has 70 heavy (non-hydrogen) atoms. The van der Waals surface area contributed by atoms with Crippen molar-refractivity contribution in [1.29, 1.82) is 0 Å². The fourth-order valence-corrected chi connectivity index (χ4v) is 7.59. The Morgan fingerprint density at radius 3 is 1.21 bits per heavy atom. The van der Waals surface area contributed by atoms with Gasteiger partial charge in [0.2, 0.25) is 0 Å². The minimum Gasteiger partial charge on any atom is -0.478 e. The number of carboxylic acids is 1. The summed E-state index contributed by atoms with van der Waals surface area (Å²) in [5, 5.41) is 114. The highest BCUT2D eigenvalue weighted by Gasteiger charge is 2.51. The second-order valence-corrected chi connectivity index (χ2v) is 18.3. The van der Waals surface area contributed by atoms with Crippen molar-refractivity contribution in [2.75, 3.05) is 19.8 Å². The van der Waals surface area contributed by atoms with Crippen molar-refractivity contribution in [3.8, 4) is 0 Å². The number of carboxylic acid groups (broad SMARTS) is 1. The van der Waals surface area contributed by atoms with Gasteiger partial charge in [-0.3, -0.25) is 0 Å². The Labute approximate surface area is 407 Å². The zero-order valence-electron chi connectivity index (χ0n) is 40.5. The lowest BCUT2D eigenvalue weighted by Gasteiger charge is -2.44. The highest BCUT2D eigenvalue weighted by atomic mass is 16.7. The van der Waals surface area contributed by atoms with E-state index in [1.165, 1.54) is 57.2 Å². The number of aliphatic carboxylic acids is 1. The summed E-state index contributed by atoms with van der Waals surface area (Å²) in [6.07, 6.45) is -13.8. The molecule has 3 rings (SSSR count). The number of ether oxygens (including phenoxy) is 8. The average molecular weight is 1000 g/mol. The van der Waals surface area contributed by atoms with Crippen LogP contribution in [-0.2, 0) is 52.3 Å². The number of carbonyl (C=O) groups excluding carboxylic acids is 2. The molecule has 0 spiro atoms. The van der Waals surface area contributed by atoms with Gasteiger partial charge in [-0.25, -0.2) is 14.4 Å². The van der Waals surface area contributed by atoms with Gasteiger partial charge in [-0.2, -0.15) is 0 Å². The number of esters is 2. The lowest BCUT2D eigenvalue weighted by molar-refractivity contribution is -0.321. The molecule has 0 aromatic carbocycles. The molecule has 0 bridgehead atoms. The maximum Gasteiger partial charge on any atom is 0.333 e. The minimum absolute atomic E-state index is 0.0432. The molecule has 0 aromatic rings. The van der Waals surface area contributed by atoms with Gasteiger partial charge in [0.15, 0.2) is 31.1 Å². The van der Waals surface area contributed by atoms with Crippen LogP contribution in [0.3, 0.4) is 0 Å². The van der Waals surface area contributed by atoms with Crippen LogP contribution in [0, 0.1) is 0 Å². The third-order valence-electron chi connectivity index (χ3n) is 12.7. The molecule has 0 aromatic heterocycles. The van der Waals surface area contributed by atoms with Crippen molar-refractivity contribution in [3.63, 3.8) is 0 Å². The van der Waals surface area contributed by atoms with E-state index in [9.17, 15) is 65.4 Å². The van der Waals surface area contributed by atoms with Crippen LogP contribution in [0.15, 0.2) is 72.9 Å². The van der Waals surface area contributed by atoms with E-state index in [2.05, 4.69) is 19.7 Å². The summed E-state index contributed by atoms with van der Waals surface area (Å²) in [7, 11) is 0. The van der Waals surface area contributed by atoms with Crippen LogP contribution in [0.4, 0.5) is 0 Å². The predicted molar refractivity (Wildman–Crippen MR) is 245 cm³/mol. The quantitative estimate of drug-likeness (QED) is 0.0299. The maximum atomic E-state index is 13.3. The summed E-state index contributed by atoms with van der Waals surface area (Å²) in [5.41, 5.74) is -3.45. The highest BCUT2D eigenvalue weighted by Crippen LogP contribution is 2.34. The molecule has 22 heteroatoms. The molecular formula is C48H74O22. The summed E-state index contributed by atoms with van der Waals surface area (Å²) in [4.78, 5) is 37.7. The number of carbonyl (C=O) groups is 3. The molecule has 11 N–H and O–H groups in total. The molecule has 0 aliphatic carbocycles. The van der Waals surface area contributed by atoms with Crippen LogP contribution >= 0.6 is 0 Å². The van der Waals surface area contributed by atoms with Gasteiger partial charge >= 0.3 is 17.9 Å². The van der Waals surface area contributed by atoms with E-state index < -0.39 is 147 Å². The molecule has 0 radical (unpaired) electrons. The van der Waals surface area contributed by atoms with Crippen molar-refractivity contribution >= 4 is 17.9 Å². The van der Waals surface area contributed by atoms with E-state index in [1.54, 1.807) is 20.8 Å². The Bertz CT molecular complexity index is 1870. The fraction of sp³-hybridized carbons (Fsp3) is 0.688. The van der Waals surface area contributed by atoms with Gasteiger partial charge in [-0.15, -0.1) is 19.7 Å². The lowest BCUT2D eigenvalue weighted by atomic mass is 9.96. The Balaban J connectivity index is 1.60. The van der Waals surface area contributed by atoms with E-state index in [0.29, 0.717) is 0 Å². The van der Waals surface area contributed by atoms with Crippen LogP contribution in [0.25, 0.3) is 0 Å². The zero-order chi connectivity index (χ0) is 52.9. The van der Waals surface area contributed by atoms with Crippen LogP contribution in [0.5, 0.6) is 0 Å². The number of aliphatic hydroxyl groups excluding tert-OH is 10. The maximum absolute atomic E-state index is 13.3. The van der Waals surface area contributed by atoms with Crippen molar-refractivity contribution in [2.24, 2.45) is 0 Å². The zero-order valence-corrected chi connectivity index (χ0v) is 40.5. The molecule has 3 saturated heterocycles. The Morgan fingerprint density at radius 1 is 0.486 bits per heavy atom. The molecule has 3 aliphatic heterocycles. The van der Waals surface area contributed by atoms with Crippen molar-refractivity contribution in [2.45, 2.75) is 189 Å². The summed E-state index contributed by atoms with van der Waals surface area (Å²) in [6.45, 7) is 18.2. The van der Waals surface area contributed by atoms with Crippen molar-refractivity contribution < 1.29 is 108 Å². The molecule has 0 saturated carbocycles. The second kappa shape index (κ2) is 26.8. The summed E-state index contributed by atoms with van der Waals surface area (Å²) >= 11 is 0. The minimum atomic E-state index is -1.81. The number of hydrogen-bond acceptors (Lipinski definition) is 21. The van der Waals surface area contributed by atoms with Gasteiger partial charge in [0.25, 0.3) is 0 Å². The monoisotopic (exact) mass is 1000 g/mol. The first-order valence-electron chi connectivity index (χ1n) is 22.9. The van der Waals surface area contributed by atoms with Crippen molar-refractivity contribution in [3.05, 3.63) is 72.9 Å². The standard InChI is InChI=1S/C48H74O22/c1-10-46(7,68-43-35(56)33(54)31(52)28(22-49)63-43)20-14-17-26(5)41(61)66-38-30(24-51)65-44(36(57)34(38)55)69-47(8,11-2)21-15-18-27(6)42(62)67-39-32(53)29(23-50)64-45(37(39)58)70-48(9,12-3)19-13-16-25(4)40(59)60/h10-12,16-18,28-39,43-45,49-58H,1-3,13-15,19-24H2,4-9H3,(H,59,60)/b25-16+,26-17+,27-18+/t28-,29-,30-,31-,32-,33+,34-,35-,36-,37-,38-,39+,43+,44+,45+,46?,47?,48?/m1/s1. The van der Waals surface area contributed by atoms with Gasteiger partial charge in [0.05, 0.1) is 36.6 Å². The summed E-state index contributed by atoms with van der Waals surface area (Å²) in [6, 6.07) is 0. The fourth-order valence-electron chi connectivity index (χ4n) is 7.59. The smallest absolute Gasteiger partial charge is 0.333 e. The molecule has 3 unspecified atom stereocenters. The average Bonchev–Trinajstić information content (AvgIpc) is 3.33. The normalized spacial score (nSPS) is 34.8. The van der Waals surface area contributed by atoms with Gasteiger partial charge in [0.1, 0.15) is 61.0 Å². The SMILES string of the molecule is C=CC(C)(CC/C=C(\C)C(=O)O[C@H]1[C@H](O)[C@@H](O)[C@H](OC(C)(C=C)CC/C=C(\C)C(=O)O[C@@H]2[C@@H](O)[C@H](OC(C)(C=C)CC/C=C(\C)C(=O)O)O[C@H](CO)[C@H]2O)O[C@@H]1CO)O[C@@H]1O[C@H](CO)[C@@H](O)[C@H](O)[C@H]1O. The van der Waals surface area contributed by atoms with Gasteiger partial charge < -0.3 is 94.1 Å². The van der Waals surface area contributed by atoms with Gasteiger partial charge in [-0.1, -0.05) is 36.5 Å². The summed E-state index contributed by atoms with van der Waals surface area (Å²) in [5.74, 6) is -2.95. The molecule has 3 aliphatic rings. The summed E-state index contributed by atoms with van der Waals surface area (Å²) < 4.78 is 45.8. The predicted octanol–water partition coefficient (Wildman–Crippen LogP) is -0.364. The molecule has 0 amide bonds. The number of aliphatic hydroxyl groups is 10. The van der Waals surface area contributed by atoms with E-state index in [0.717, 1.165) is 0 Å². The molecule has 3 fully saturated rings. The van der Waals surface area contributed by atoms with Gasteiger partial charge in [0, 0.05) is 16.7 Å². The van der Waals surface area contributed by atoms with E-state index in [1.807, 2.05) is 0 Å². The van der Waals surface area contributed by atoms with Gasteiger partial charge in [-0.05, 0) is 80.1 Å². The van der Waals surface area contributed by atoms with E-state index >= 15 is 0 Å². The highest BCUT2D eigenvalue weighted by molar-refractivity contribution is 5.88. The number of allylic oxidation sites excluding steroid dienone is 3. The lowest BCUT2D eigenvalue weighted by Crippen LogP contribution is -2.61. The van der Waals surface area contributed by atoms with Crippen LogP contribution < -0.4 is 0 Å². The Kier molecular flexibility index (Phi) is 23.1. The topological polar surface area (TPSA) is 348 Å². The van der Waals surface area contributed by atoms with Crippen LogP contribution in [0.1, 0.15) is 80.1 Å². The number of rotatable bonds is 26. The largest absolute Gasteiger partial charge is 0.478 e.